The average Bonchev–Trinajstić information content (AvgIpc) is 3.37. The molecule has 0 amide bonds. The van der Waals surface area contributed by atoms with E-state index in [0.29, 0.717) is 5.92 Å². The number of fused-ring (bicyclic) bond motifs is 6. The summed E-state index contributed by atoms with van der Waals surface area (Å²) in [7, 11) is 0. The Morgan fingerprint density at radius 3 is 1.73 bits per heavy atom. The second kappa shape index (κ2) is 14.4. The highest BCUT2D eigenvalue weighted by atomic mass is 15.1. The monoisotopic (exact) mass is 761 g/mol. The summed E-state index contributed by atoms with van der Waals surface area (Å²) in [5.41, 5.74) is 26.1. The van der Waals surface area contributed by atoms with Gasteiger partial charge in [-0.3, -0.25) is 0 Å². The van der Waals surface area contributed by atoms with Gasteiger partial charge in [-0.05, 0) is 159 Å². The Bertz CT molecular complexity index is 2910. The van der Waals surface area contributed by atoms with Gasteiger partial charge in [-0.1, -0.05) is 160 Å². The van der Waals surface area contributed by atoms with Crippen molar-refractivity contribution in [1.29, 1.82) is 0 Å². The van der Waals surface area contributed by atoms with E-state index in [1.54, 1.807) is 0 Å². The van der Waals surface area contributed by atoms with Gasteiger partial charge in [-0.2, -0.15) is 0 Å². The highest BCUT2D eigenvalue weighted by Gasteiger charge is 2.36. The smallest absolute Gasteiger partial charge is 0.0543 e. The molecule has 0 aromatic heterocycles. The molecule has 1 nitrogen and oxygen atoms in total. The Morgan fingerprint density at radius 2 is 1.02 bits per heavy atom. The first kappa shape index (κ1) is 36.9. The molecule has 2 aliphatic rings. The summed E-state index contributed by atoms with van der Waals surface area (Å²) in [5.74, 6) is 0.447. The van der Waals surface area contributed by atoms with Crippen LogP contribution in [0.15, 0.2) is 170 Å². The number of hydrogen-bond donors (Lipinski definition) is 0. The van der Waals surface area contributed by atoms with Crippen molar-refractivity contribution in [3.8, 4) is 55.6 Å². The summed E-state index contributed by atoms with van der Waals surface area (Å²) in [6.45, 7) is 13.8. The Kier molecular flexibility index (Phi) is 9.02. The highest BCUT2D eigenvalue weighted by Crippen LogP contribution is 2.53. The molecule has 8 aromatic carbocycles. The van der Waals surface area contributed by atoms with Crippen molar-refractivity contribution in [2.24, 2.45) is 0 Å². The summed E-state index contributed by atoms with van der Waals surface area (Å²) in [4.78, 5) is 2.54. The van der Waals surface area contributed by atoms with Gasteiger partial charge in [0.15, 0.2) is 0 Å². The van der Waals surface area contributed by atoms with Gasteiger partial charge in [0.1, 0.15) is 0 Å². The molecular formula is C58H51N. The first-order chi connectivity index (χ1) is 28.7. The average molecular weight is 762 g/mol. The minimum absolute atomic E-state index is 0.0643. The van der Waals surface area contributed by atoms with Crippen molar-refractivity contribution < 1.29 is 0 Å². The molecule has 0 bridgehead atoms. The van der Waals surface area contributed by atoms with Crippen molar-refractivity contribution in [3.63, 3.8) is 0 Å². The van der Waals surface area contributed by atoms with E-state index in [9.17, 15) is 0 Å². The zero-order chi connectivity index (χ0) is 40.4. The van der Waals surface area contributed by atoms with E-state index in [1.165, 1.54) is 106 Å². The van der Waals surface area contributed by atoms with Crippen LogP contribution in [-0.2, 0) is 11.8 Å². The Labute approximate surface area is 350 Å². The molecule has 288 valence electrons. The van der Waals surface area contributed by atoms with Crippen molar-refractivity contribution in [3.05, 3.63) is 209 Å². The molecule has 0 saturated carbocycles. The molecule has 1 atom stereocenters. The molecule has 2 aliphatic carbocycles. The van der Waals surface area contributed by atoms with Gasteiger partial charge >= 0.3 is 0 Å². The fourth-order valence-corrected chi connectivity index (χ4v) is 10.3. The maximum Gasteiger partial charge on any atom is 0.0543 e. The van der Waals surface area contributed by atoms with Gasteiger partial charge in [0.05, 0.1) is 5.69 Å². The van der Waals surface area contributed by atoms with E-state index in [1.807, 2.05) is 0 Å². The van der Waals surface area contributed by atoms with Crippen LogP contribution >= 0.6 is 0 Å². The first-order valence-corrected chi connectivity index (χ1v) is 21.3. The summed E-state index contributed by atoms with van der Waals surface area (Å²) >= 11 is 0. The Morgan fingerprint density at radius 1 is 0.458 bits per heavy atom. The van der Waals surface area contributed by atoms with E-state index in [-0.39, 0.29) is 5.41 Å². The number of rotatable bonds is 6. The topological polar surface area (TPSA) is 3.24 Å². The first-order valence-electron chi connectivity index (χ1n) is 21.3. The molecule has 1 unspecified atom stereocenters. The molecule has 1 heteroatoms. The lowest BCUT2D eigenvalue weighted by molar-refractivity contribution is 0.660. The van der Waals surface area contributed by atoms with Crippen LogP contribution in [0.2, 0.25) is 0 Å². The predicted molar refractivity (Wildman–Crippen MR) is 251 cm³/mol. The van der Waals surface area contributed by atoms with E-state index >= 15 is 0 Å². The molecule has 0 spiro atoms. The predicted octanol–water partition coefficient (Wildman–Crippen LogP) is 16.1. The fourth-order valence-electron chi connectivity index (χ4n) is 10.3. The summed E-state index contributed by atoms with van der Waals surface area (Å²) in [5, 5.41) is 0. The Hall–Kier alpha value is -6.44. The van der Waals surface area contributed by atoms with Gasteiger partial charge in [0, 0.05) is 22.4 Å². The fraction of sp³-hybridized carbons (Fsp3) is 0.172. The maximum absolute atomic E-state index is 2.54. The van der Waals surface area contributed by atoms with Crippen LogP contribution in [0.3, 0.4) is 0 Å². The number of nitrogens with zero attached hydrogens (tertiary/aromatic N) is 1. The number of anilines is 3. The molecule has 8 aromatic rings. The van der Waals surface area contributed by atoms with Crippen LogP contribution < -0.4 is 4.90 Å². The molecule has 0 radical (unpaired) electrons. The third-order valence-corrected chi connectivity index (χ3v) is 13.5. The van der Waals surface area contributed by atoms with Gasteiger partial charge < -0.3 is 4.90 Å². The summed E-state index contributed by atoms with van der Waals surface area (Å²) < 4.78 is 0. The van der Waals surface area contributed by atoms with Crippen molar-refractivity contribution >= 4 is 17.1 Å². The quantitative estimate of drug-likeness (QED) is 0.163. The van der Waals surface area contributed by atoms with Crippen LogP contribution in [0.4, 0.5) is 17.1 Å². The van der Waals surface area contributed by atoms with Crippen LogP contribution in [0.25, 0.3) is 55.6 Å². The Balaban J connectivity index is 1.18. The van der Waals surface area contributed by atoms with Crippen molar-refractivity contribution in [1.82, 2.24) is 0 Å². The van der Waals surface area contributed by atoms with Gasteiger partial charge in [-0.15, -0.1) is 0 Å². The van der Waals surface area contributed by atoms with Crippen LogP contribution in [-0.4, -0.2) is 0 Å². The van der Waals surface area contributed by atoms with Gasteiger partial charge in [0.2, 0.25) is 0 Å². The minimum Gasteiger partial charge on any atom is -0.310 e. The van der Waals surface area contributed by atoms with Crippen LogP contribution in [0.1, 0.15) is 72.1 Å². The molecule has 10 rings (SSSR count). The second-order valence-corrected chi connectivity index (χ2v) is 17.5. The normalized spacial score (nSPS) is 14.8. The van der Waals surface area contributed by atoms with E-state index in [4.69, 9.17) is 0 Å². The molecular weight excluding hydrogens is 711 g/mol. The van der Waals surface area contributed by atoms with Crippen LogP contribution in [0.5, 0.6) is 0 Å². The second-order valence-electron chi connectivity index (χ2n) is 17.5. The number of benzene rings is 8. The molecule has 0 aliphatic heterocycles. The lowest BCUT2D eigenvalue weighted by Gasteiger charge is -2.31. The summed E-state index contributed by atoms with van der Waals surface area (Å²) in [6, 6.07) is 63.9. The van der Waals surface area contributed by atoms with E-state index in [2.05, 4.69) is 216 Å². The maximum atomic E-state index is 2.54. The standard InChI is InChI=1S/C58H51N/c1-37-15-7-9-17-45(37)48-31-26-42(35-40(48)4)41-24-27-43(28-25-41)59(44-29-33-55-53(36-44)50-20-13-14-22-54(50)58(55,5)6)56-34-32-49(46-18-10-8-16-38(46)2)52-30-23-39(3)47-19-11-12-21-51(47)57(52)56/h7-22,24-29,31-36,39H,23,30H2,1-6H3. The third-order valence-electron chi connectivity index (χ3n) is 13.5. The number of aryl methyl sites for hydroxylation is 3. The van der Waals surface area contributed by atoms with Crippen LogP contribution in [0, 0.1) is 20.8 Å². The third kappa shape index (κ3) is 6.14. The molecule has 0 fully saturated rings. The van der Waals surface area contributed by atoms with Crippen molar-refractivity contribution in [2.45, 2.75) is 65.7 Å². The highest BCUT2D eigenvalue weighted by molar-refractivity contribution is 5.96. The van der Waals surface area contributed by atoms with E-state index in [0.717, 1.165) is 18.5 Å². The SMILES string of the molecule is Cc1ccccc1-c1ccc(-c2ccc(N(c3ccc4c(c3)-c3ccccc3C4(C)C)c3ccc(-c4ccccc4C)c4c3-c3ccccc3C(C)CC4)cc2)cc1C. The molecule has 59 heavy (non-hydrogen) atoms. The summed E-state index contributed by atoms with van der Waals surface area (Å²) in [6.07, 6.45) is 2.12. The molecule has 0 saturated heterocycles. The zero-order valence-corrected chi connectivity index (χ0v) is 35.1. The largest absolute Gasteiger partial charge is 0.310 e. The van der Waals surface area contributed by atoms with Crippen molar-refractivity contribution in [2.75, 3.05) is 4.90 Å². The van der Waals surface area contributed by atoms with Gasteiger partial charge in [-0.25, -0.2) is 0 Å². The zero-order valence-electron chi connectivity index (χ0n) is 35.1. The molecule has 0 N–H and O–H groups in total. The van der Waals surface area contributed by atoms with Gasteiger partial charge in [0.25, 0.3) is 0 Å². The lowest BCUT2D eigenvalue weighted by Crippen LogP contribution is -2.16. The minimum atomic E-state index is -0.0643. The van der Waals surface area contributed by atoms with E-state index < -0.39 is 0 Å². The molecule has 0 heterocycles. The number of hydrogen-bond acceptors (Lipinski definition) is 1. The lowest BCUT2D eigenvalue weighted by atomic mass is 9.82.